The lowest BCUT2D eigenvalue weighted by Crippen LogP contribution is -1.89. The Kier molecular flexibility index (Phi) is 4.14. The zero-order valence-corrected chi connectivity index (χ0v) is 11.1. The number of nitrogens with two attached hydrogens (primary N) is 1. The van der Waals surface area contributed by atoms with Crippen LogP contribution < -0.4 is 5.73 Å². The molecule has 2 rings (SSSR count). The number of para-hydroxylation sites is 1. The second-order valence-corrected chi connectivity index (χ2v) is 4.30. The smallest absolute Gasteiger partial charge is 0.345 e. The van der Waals surface area contributed by atoms with Gasteiger partial charge in [-0.15, -0.1) is 28.3 Å². The third-order valence-corrected chi connectivity index (χ3v) is 3.26. The van der Waals surface area contributed by atoms with Gasteiger partial charge in [-0.25, -0.2) is 4.79 Å². The van der Waals surface area contributed by atoms with Crippen molar-refractivity contribution in [3.05, 3.63) is 35.2 Å². The van der Waals surface area contributed by atoms with E-state index in [-0.39, 0.29) is 33.3 Å². The standard InChI is InChI=1S/C11H9NO3S.BrH/c12-7-3-1-2-6(10(7)13)8-4-5-9(16-8)11(14)15;/h1-5,13H,12H2,(H,14,15);1H/i9+0;. The Morgan fingerprint density at radius 3 is 2.53 bits per heavy atom. The number of hydrogen-bond donors (Lipinski definition) is 3. The number of phenols is 1. The molecule has 17 heavy (non-hydrogen) atoms. The van der Waals surface area contributed by atoms with E-state index in [2.05, 4.69) is 0 Å². The summed E-state index contributed by atoms with van der Waals surface area (Å²) in [7, 11) is 0. The van der Waals surface area contributed by atoms with Crippen molar-refractivity contribution >= 4 is 40.0 Å². The normalized spacial score (nSPS) is 9.65. The molecule has 0 amide bonds. The summed E-state index contributed by atoms with van der Waals surface area (Å²) in [5.41, 5.74) is 6.40. The van der Waals surface area contributed by atoms with Gasteiger partial charge in [-0.3, -0.25) is 0 Å². The molecule has 0 radical (unpaired) electrons. The van der Waals surface area contributed by atoms with Crippen molar-refractivity contribution in [1.82, 2.24) is 0 Å². The van der Waals surface area contributed by atoms with Crippen molar-refractivity contribution in [2.24, 2.45) is 0 Å². The van der Waals surface area contributed by atoms with Crippen molar-refractivity contribution in [3.63, 3.8) is 0 Å². The van der Waals surface area contributed by atoms with Gasteiger partial charge in [-0.1, -0.05) is 6.07 Å². The van der Waals surface area contributed by atoms with E-state index in [0.717, 1.165) is 11.3 Å². The lowest BCUT2D eigenvalue weighted by molar-refractivity contribution is 0.0702. The minimum absolute atomic E-state index is 0. The molecule has 90 valence electrons. The quantitative estimate of drug-likeness (QED) is 0.587. The molecule has 0 bridgehead atoms. The van der Waals surface area contributed by atoms with Crippen LogP contribution in [0.2, 0.25) is 0 Å². The van der Waals surface area contributed by atoms with E-state index in [1.165, 1.54) is 6.07 Å². The Labute approximate surface area is 112 Å². The topological polar surface area (TPSA) is 83.6 Å². The molecule has 6 heteroatoms. The van der Waals surface area contributed by atoms with Crippen LogP contribution in [0, 0.1) is 0 Å². The number of anilines is 1. The van der Waals surface area contributed by atoms with Gasteiger partial charge in [-0.2, -0.15) is 0 Å². The number of aromatic hydroxyl groups is 1. The maximum atomic E-state index is 10.7. The average Bonchev–Trinajstić information content (AvgIpc) is 2.71. The average molecular weight is 316 g/mol. The fourth-order valence-electron chi connectivity index (χ4n) is 1.36. The van der Waals surface area contributed by atoms with E-state index in [0.29, 0.717) is 10.4 Å². The SMILES string of the molecule is Br.Nc1cccc(-c2cc[12c](C(=O)O)s2)c1O. The molecule has 0 saturated heterocycles. The van der Waals surface area contributed by atoms with Gasteiger partial charge >= 0.3 is 5.97 Å². The van der Waals surface area contributed by atoms with E-state index in [4.69, 9.17) is 10.8 Å². The molecule has 4 nitrogen and oxygen atoms in total. The summed E-state index contributed by atoms with van der Waals surface area (Å²) >= 11 is 1.10. The lowest BCUT2D eigenvalue weighted by atomic mass is 10.1. The number of halogens is 1. The molecule has 0 aliphatic rings. The van der Waals surface area contributed by atoms with Crippen LogP contribution in [-0.2, 0) is 0 Å². The molecule has 0 unspecified atom stereocenters. The number of rotatable bonds is 2. The minimum Gasteiger partial charge on any atom is -0.505 e. The van der Waals surface area contributed by atoms with Crippen LogP contribution in [0.25, 0.3) is 10.4 Å². The van der Waals surface area contributed by atoms with Crippen LogP contribution in [0.5, 0.6) is 5.75 Å². The van der Waals surface area contributed by atoms with Crippen molar-refractivity contribution in [3.8, 4) is 16.2 Å². The molecule has 1 aromatic heterocycles. The van der Waals surface area contributed by atoms with Crippen LogP contribution >= 0.6 is 28.3 Å². The number of phenolic OH excluding ortho intramolecular Hbond substituents is 1. The summed E-state index contributed by atoms with van der Waals surface area (Å²) in [6.07, 6.45) is 0. The van der Waals surface area contributed by atoms with Crippen LogP contribution in [0.15, 0.2) is 30.3 Å². The van der Waals surface area contributed by atoms with Gasteiger partial charge in [0, 0.05) is 10.4 Å². The Balaban J connectivity index is 0.00000144. The summed E-state index contributed by atoms with van der Waals surface area (Å²) in [6, 6.07) is 8.16. The van der Waals surface area contributed by atoms with Crippen molar-refractivity contribution in [2.45, 2.75) is 0 Å². The molecule has 0 aliphatic heterocycles. The van der Waals surface area contributed by atoms with Crippen molar-refractivity contribution in [2.75, 3.05) is 5.73 Å². The van der Waals surface area contributed by atoms with Crippen LogP contribution in [0.4, 0.5) is 5.69 Å². The Hall–Kier alpha value is -1.53. The number of carbonyl (C=O) groups is 1. The predicted octanol–water partition coefficient (Wildman–Crippen LogP) is 2.98. The molecule has 0 atom stereocenters. The lowest BCUT2D eigenvalue weighted by Gasteiger charge is -2.03. The second-order valence-electron chi connectivity index (χ2n) is 3.21. The van der Waals surface area contributed by atoms with E-state index in [9.17, 15) is 9.90 Å². The van der Waals surface area contributed by atoms with E-state index in [1.54, 1.807) is 24.3 Å². The van der Waals surface area contributed by atoms with Gasteiger partial charge in [0.2, 0.25) is 0 Å². The third kappa shape index (κ3) is 2.59. The van der Waals surface area contributed by atoms with E-state index in [1.807, 2.05) is 0 Å². The first-order valence-electron chi connectivity index (χ1n) is 4.50. The summed E-state index contributed by atoms with van der Waals surface area (Å²) in [6.45, 7) is 0. The van der Waals surface area contributed by atoms with Gasteiger partial charge in [0.1, 0.15) is 10.6 Å². The Morgan fingerprint density at radius 2 is 1.94 bits per heavy atom. The number of hydrogen-bond acceptors (Lipinski definition) is 4. The van der Waals surface area contributed by atoms with Crippen molar-refractivity contribution < 1.29 is 15.0 Å². The van der Waals surface area contributed by atoms with Crippen molar-refractivity contribution in [1.29, 1.82) is 0 Å². The molecule has 0 spiro atoms. The molecule has 4 N–H and O–H groups in total. The first-order valence-corrected chi connectivity index (χ1v) is 5.32. The van der Waals surface area contributed by atoms with E-state index >= 15 is 0 Å². The largest absolute Gasteiger partial charge is 0.505 e. The zero-order chi connectivity index (χ0) is 11.7. The zero-order valence-electron chi connectivity index (χ0n) is 8.58. The van der Waals surface area contributed by atoms with E-state index < -0.39 is 5.97 Å². The van der Waals surface area contributed by atoms with Gasteiger partial charge < -0.3 is 15.9 Å². The molecule has 1 heterocycles. The Morgan fingerprint density at radius 1 is 1.24 bits per heavy atom. The number of thiophene rings is 1. The number of benzene rings is 1. The van der Waals surface area contributed by atoms with Crippen LogP contribution in [0.1, 0.15) is 9.67 Å². The van der Waals surface area contributed by atoms with Gasteiger partial charge in [0.25, 0.3) is 0 Å². The third-order valence-electron chi connectivity index (χ3n) is 2.15. The summed E-state index contributed by atoms with van der Waals surface area (Å²) in [4.78, 5) is 11.6. The number of nitrogen functional groups attached to an aromatic ring is 1. The molecule has 0 saturated carbocycles. The second kappa shape index (κ2) is 5.20. The maximum Gasteiger partial charge on any atom is 0.345 e. The summed E-state index contributed by atoms with van der Waals surface area (Å²) in [5.74, 6) is -0.985. The van der Waals surface area contributed by atoms with Gasteiger partial charge in [0.15, 0.2) is 0 Å². The number of carboxylic acids is 1. The first kappa shape index (κ1) is 13.5. The van der Waals surface area contributed by atoms with Gasteiger partial charge in [0.05, 0.1) is 5.69 Å². The molecule has 0 aliphatic carbocycles. The molecule has 1 aromatic carbocycles. The summed E-state index contributed by atoms with van der Waals surface area (Å²) < 4.78 is 0. The monoisotopic (exact) mass is 315 g/mol. The Bertz CT molecular complexity index is 553. The maximum absolute atomic E-state index is 10.7. The highest BCUT2D eigenvalue weighted by Crippen LogP contribution is 2.37. The fourth-order valence-corrected chi connectivity index (χ4v) is 2.23. The highest BCUT2D eigenvalue weighted by molar-refractivity contribution is 8.93. The highest BCUT2D eigenvalue weighted by atomic mass is 79.9. The van der Waals surface area contributed by atoms with Crippen LogP contribution in [-0.4, -0.2) is 16.2 Å². The number of carboxylic acid groups (broad SMARTS) is 1. The first-order chi connectivity index (χ1) is 7.59. The molecular weight excluding hydrogens is 306 g/mol. The molecule has 0 fully saturated rings. The molecule has 2 aromatic rings. The number of aromatic carboxylic acids is 1. The summed E-state index contributed by atoms with van der Waals surface area (Å²) in [5, 5.41) is 18.5. The minimum atomic E-state index is -0.973. The van der Waals surface area contributed by atoms with Gasteiger partial charge in [-0.05, 0) is 24.3 Å². The molecular formula is C11H10BrNO3S. The highest BCUT2D eigenvalue weighted by Gasteiger charge is 2.12. The predicted molar refractivity (Wildman–Crippen MR) is 73.1 cm³/mol. The fraction of sp³-hybridized carbons (Fsp3) is 0. The van der Waals surface area contributed by atoms with Crippen LogP contribution in [0.3, 0.4) is 0 Å².